The monoisotopic (exact) mass is 408 g/mol. The Kier molecular flexibility index (Phi) is 5.13. The van der Waals surface area contributed by atoms with Crippen molar-refractivity contribution in [2.45, 2.75) is 6.04 Å². The Labute approximate surface area is 172 Å². The molecule has 2 aromatic carbocycles. The smallest absolute Gasteiger partial charge is 0.240 e. The minimum absolute atomic E-state index is 0.0196. The predicted molar refractivity (Wildman–Crippen MR) is 106 cm³/mol. The van der Waals surface area contributed by atoms with E-state index in [4.69, 9.17) is 4.42 Å². The zero-order valence-corrected chi connectivity index (χ0v) is 16.6. The number of halogens is 1. The molecule has 0 saturated heterocycles. The predicted octanol–water partition coefficient (Wildman–Crippen LogP) is 1.10. The number of likely N-dealkylation sites (N-methyl/N-ethyl adjacent to an activating group) is 1. The van der Waals surface area contributed by atoms with Crippen molar-refractivity contribution in [1.29, 1.82) is 0 Å². The molecule has 0 bridgehead atoms. The quantitative estimate of drug-likeness (QED) is 0.620. The molecule has 0 saturated carbocycles. The minimum Gasteiger partial charge on any atom is -0.868 e. The van der Waals surface area contributed by atoms with Gasteiger partial charge in [0.15, 0.2) is 5.76 Å². The summed E-state index contributed by atoms with van der Waals surface area (Å²) in [6.07, 6.45) is 0. The van der Waals surface area contributed by atoms with E-state index in [1.54, 1.807) is 30.3 Å². The number of hydrogen-bond acceptors (Lipinski definition) is 4. The van der Waals surface area contributed by atoms with E-state index in [-0.39, 0.29) is 17.9 Å². The van der Waals surface area contributed by atoms with E-state index in [2.05, 4.69) is 0 Å². The number of fused-ring (bicyclic) bond motifs is 1. The highest BCUT2D eigenvalue weighted by Gasteiger charge is 2.40. The molecule has 154 valence electrons. The van der Waals surface area contributed by atoms with Gasteiger partial charge >= 0.3 is 0 Å². The number of benzene rings is 2. The van der Waals surface area contributed by atoms with Crippen molar-refractivity contribution >= 4 is 22.7 Å². The summed E-state index contributed by atoms with van der Waals surface area (Å²) >= 11 is 0. The molecular formula is C23H21FN2O4. The van der Waals surface area contributed by atoms with Crippen LogP contribution in [0, 0.1) is 5.82 Å². The highest BCUT2D eigenvalue weighted by molar-refractivity contribution is 6.15. The molecule has 1 unspecified atom stereocenters. The lowest BCUT2D eigenvalue weighted by molar-refractivity contribution is -0.857. The first-order valence-electron chi connectivity index (χ1n) is 9.66. The van der Waals surface area contributed by atoms with Gasteiger partial charge < -0.3 is 19.3 Å². The number of amides is 1. The molecule has 1 aliphatic rings. The Balaban J connectivity index is 1.79. The van der Waals surface area contributed by atoms with E-state index >= 15 is 0 Å². The average molecular weight is 408 g/mol. The summed E-state index contributed by atoms with van der Waals surface area (Å²) in [7, 11) is 3.84. The van der Waals surface area contributed by atoms with Gasteiger partial charge in [0, 0.05) is 11.0 Å². The number of para-hydroxylation sites is 1. The minimum atomic E-state index is -0.958. The molecule has 3 aromatic rings. The summed E-state index contributed by atoms with van der Waals surface area (Å²) in [6, 6.07) is 13.3. The van der Waals surface area contributed by atoms with Crippen LogP contribution in [0.2, 0.25) is 0 Å². The van der Waals surface area contributed by atoms with E-state index < -0.39 is 29.3 Å². The Hall–Kier alpha value is -3.45. The second-order valence-corrected chi connectivity index (χ2v) is 7.63. The molecule has 0 radical (unpaired) electrons. The Bertz CT molecular complexity index is 1130. The van der Waals surface area contributed by atoms with Crippen molar-refractivity contribution < 1.29 is 28.4 Å². The summed E-state index contributed by atoms with van der Waals surface area (Å²) < 4.78 is 19.6. The van der Waals surface area contributed by atoms with Crippen molar-refractivity contribution in [3.05, 3.63) is 83.1 Å². The van der Waals surface area contributed by atoms with Crippen LogP contribution in [0.25, 0.3) is 11.0 Å². The van der Waals surface area contributed by atoms with E-state index in [1.165, 1.54) is 23.1 Å². The van der Waals surface area contributed by atoms with Gasteiger partial charge in [-0.25, -0.2) is 4.39 Å². The van der Waals surface area contributed by atoms with Crippen LogP contribution in [0.4, 0.5) is 4.39 Å². The van der Waals surface area contributed by atoms with Crippen LogP contribution in [-0.2, 0) is 4.79 Å². The van der Waals surface area contributed by atoms with Gasteiger partial charge in [0.1, 0.15) is 11.4 Å². The molecule has 30 heavy (non-hydrogen) atoms. The highest BCUT2D eigenvalue weighted by Crippen LogP contribution is 2.38. The summed E-state index contributed by atoms with van der Waals surface area (Å²) in [6.45, 7) is 0.821. The van der Waals surface area contributed by atoms with Crippen LogP contribution in [0.5, 0.6) is 0 Å². The third-order valence-electron chi connectivity index (χ3n) is 5.20. The molecule has 4 rings (SSSR count). The molecule has 1 atom stereocenters. The first-order chi connectivity index (χ1) is 14.4. The Morgan fingerprint density at radius 3 is 2.63 bits per heavy atom. The number of nitrogens with one attached hydrogen (secondary N) is 1. The summed E-state index contributed by atoms with van der Waals surface area (Å²) in [5.41, 5.74) is 0.675. The Morgan fingerprint density at radius 2 is 1.93 bits per heavy atom. The first kappa shape index (κ1) is 19.8. The number of carbonyl (C=O) groups is 2. The second kappa shape index (κ2) is 7.76. The third-order valence-corrected chi connectivity index (χ3v) is 5.20. The van der Waals surface area contributed by atoms with Gasteiger partial charge in [-0.05, 0) is 35.6 Å². The zero-order chi connectivity index (χ0) is 21.4. The normalized spacial score (nSPS) is 16.9. The number of nitrogens with zero attached hydrogens (tertiary/aromatic N) is 1. The lowest BCUT2D eigenvalue weighted by atomic mass is 9.95. The van der Waals surface area contributed by atoms with Crippen LogP contribution >= 0.6 is 0 Å². The lowest BCUT2D eigenvalue weighted by Gasteiger charge is -2.27. The summed E-state index contributed by atoms with van der Waals surface area (Å²) in [4.78, 5) is 28.5. The van der Waals surface area contributed by atoms with Crippen LogP contribution < -0.4 is 10.0 Å². The van der Waals surface area contributed by atoms with E-state index in [0.29, 0.717) is 23.1 Å². The van der Waals surface area contributed by atoms with Gasteiger partial charge in [-0.3, -0.25) is 9.59 Å². The topological polar surface area (TPSA) is 78.0 Å². The van der Waals surface area contributed by atoms with E-state index in [0.717, 1.165) is 4.90 Å². The number of furan rings is 1. The second-order valence-electron chi connectivity index (χ2n) is 7.63. The van der Waals surface area contributed by atoms with Crippen molar-refractivity contribution in [3.8, 4) is 0 Å². The summed E-state index contributed by atoms with van der Waals surface area (Å²) in [5.74, 6) is -2.81. The molecule has 1 aliphatic heterocycles. The summed E-state index contributed by atoms with van der Waals surface area (Å²) in [5, 5.41) is 13.6. The van der Waals surface area contributed by atoms with Crippen LogP contribution in [0.15, 0.2) is 70.3 Å². The molecule has 7 heteroatoms. The third kappa shape index (κ3) is 3.48. The van der Waals surface area contributed by atoms with Crippen LogP contribution in [0.3, 0.4) is 0 Å². The molecule has 2 heterocycles. The molecule has 1 amide bonds. The number of quaternary nitrogens is 1. The van der Waals surface area contributed by atoms with Crippen molar-refractivity contribution in [2.24, 2.45) is 0 Å². The molecule has 1 N–H and O–H groups in total. The van der Waals surface area contributed by atoms with Gasteiger partial charge in [0.2, 0.25) is 11.7 Å². The molecule has 1 aromatic heterocycles. The largest absolute Gasteiger partial charge is 0.868 e. The fraction of sp³-hybridized carbons (Fsp3) is 0.217. The Morgan fingerprint density at radius 1 is 1.17 bits per heavy atom. The number of carbonyl (C=O) groups excluding carboxylic acids is 2. The lowest BCUT2D eigenvalue weighted by Crippen LogP contribution is -3.06. The number of hydrogen-bond donors (Lipinski definition) is 1. The maximum atomic E-state index is 13.9. The van der Waals surface area contributed by atoms with Crippen LogP contribution in [-0.4, -0.2) is 43.8 Å². The van der Waals surface area contributed by atoms with Gasteiger partial charge in [0.25, 0.3) is 0 Å². The molecule has 6 nitrogen and oxygen atoms in total. The SMILES string of the molecule is C[NH+](C)CCN1C(=O)C([O-])=C(C(=O)c2cc3ccccc3o2)C1c1cccc(F)c1. The standard InChI is InChI=1S/C23H21FN2O4/c1-25(2)10-11-26-20(15-7-5-8-16(24)12-15)19(22(28)23(26)29)21(27)18-13-14-6-3-4-9-17(14)30-18/h3-9,12-13,20,28H,10-11H2,1-2H3. The average Bonchev–Trinajstić information content (AvgIpc) is 3.26. The number of ketones is 1. The van der Waals surface area contributed by atoms with Gasteiger partial charge in [-0.2, -0.15) is 0 Å². The van der Waals surface area contributed by atoms with Gasteiger partial charge in [0.05, 0.1) is 33.2 Å². The zero-order valence-electron chi connectivity index (χ0n) is 16.6. The number of rotatable bonds is 6. The fourth-order valence-electron chi connectivity index (χ4n) is 3.69. The molecular weight excluding hydrogens is 387 g/mol. The maximum Gasteiger partial charge on any atom is 0.240 e. The molecule has 0 fully saturated rings. The number of Topliss-reactive ketones (excluding diaryl/α,β-unsaturated/α-hetero) is 1. The van der Waals surface area contributed by atoms with Crippen LogP contribution in [0.1, 0.15) is 22.2 Å². The fourth-order valence-corrected chi connectivity index (χ4v) is 3.69. The van der Waals surface area contributed by atoms with Crippen molar-refractivity contribution in [2.75, 3.05) is 27.2 Å². The van der Waals surface area contributed by atoms with Gasteiger partial charge in [-0.15, -0.1) is 0 Å². The highest BCUT2D eigenvalue weighted by atomic mass is 19.1. The van der Waals surface area contributed by atoms with Crippen molar-refractivity contribution in [1.82, 2.24) is 4.90 Å². The van der Waals surface area contributed by atoms with E-state index in [9.17, 15) is 19.1 Å². The van der Waals surface area contributed by atoms with Crippen molar-refractivity contribution in [3.63, 3.8) is 0 Å². The molecule has 0 aliphatic carbocycles. The molecule has 0 spiro atoms. The maximum absolute atomic E-state index is 13.9. The van der Waals surface area contributed by atoms with E-state index in [1.807, 2.05) is 20.2 Å². The first-order valence-corrected chi connectivity index (χ1v) is 9.66. The van der Waals surface area contributed by atoms with Gasteiger partial charge in [-0.1, -0.05) is 30.3 Å².